The van der Waals surface area contributed by atoms with Crippen molar-refractivity contribution in [2.24, 2.45) is 0 Å². The lowest BCUT2D eigenvalue weighted by Crippen LogP contribution is -2.51. The van der Waals surface area contributed by atoms with Crippen molar-refractivity contribution in [1.29, 1.82) is 0 Å². The number of rotatable bonds is 14. The van der Waals surface area contributed by atoms with E-state index < -0.39 is 7.87 Å². The minimum atomic E-state index is -1.65. The molecule has 2 N–H and O–H groups in total. The van der Waals surface area contributed by atoms with Crippen LogP contribution in [-0.4, -0.2) is 73.1 Å². The minimum absolute atomic E-state index is 0.999. The van der Waals surface area contributed by atoms with Gasteiger partial charge in [-0.15, -0.1) is 19.5 Å². The third kappa shape index (κ3) is 6.03. The first kappa shape index (κ1) is 22.2. The van der Waals surface area contributed by atoms with E-state index in [0.717, 1.165) is 58.9 Å². The van der Waals surface area contributed by atoms with Crippen LogP contribution in [0.25, 0.3) is 0 Å². The molecule has 0 amide bonds. The van der Waals surface area contributed by atoms with Gasteiger partial charge >= 0.3 is 7.87 Å². The van der Waals surface area contributed by atoms with E-state index in [0.29, 0.717) is 0 Å². The zero-order chi connectivity index (χ0) is 17.0. The lowest BCUT2D eigenvalue weighted by atomic mass is 10.5. The molecule has 0 aliphatic rings. The minimum Gasteiger partial charge on any atom is -0.302 e. The summed E-state index contributed by atoms with van der Waals surface area (Å²) in [5, 5.41) is 7.79. The molecule has 0 fully saturated rings. The van der Waals surface area contributed by atoms with Gasteiger partial charge in [-0.2, -0.15) is 0 Å². The maximum Gasteiger partial charge on any atom is 0.303 e. The molecule has 134 valence electrons. The highest BCUT2D eigenvalue weighted by Gasteiger charge is 2.48. The number of hydrogen-bond acceptors (Lipinski definition) is 5. The molecule has 0 aliphatic carbocycles. The highest BCUT2D eigenvalue weighted by Crippen LogP contribution is 2.56. The summed E-state index contributed by atoms with van der Waals surface area (Å²) in [6.45, 7) is 25.5. The summed E-state index contributed by atoms with van der Waals surface area (Å²) in [6, 6.07) is 0. The Balaban J connectivity index is 5.16. The smallest absolute Gasteiger partial charge is 0.302 e. The third-order valence-electron chi connectivity index (χ3n) is 4.31. The summed E-state index contributed by atoms with van der Waals surface area (Å²) in [7, 11) is -1.65. The van der Waals surface area contributed by atoms with E-state index in [4.69, 9.17) is 0 Å². The predicted molar refractivity (Wildman–Crippen MR) is 102 cm³/mol. The number of likely N-dealkylation sites (N-methyl/N-ethyl adjacent to an activating group) is 1. The molecular formula is C16H41N5P+. The van der Waals surface area contributed by atoms with Crippen molar-refractivity contribution in [2.75, 3.05) is 58.9 Å². The molecule has 0 aromatic heterocycles. The van der Waals surface area contributed by atoms with Crippen LogP contribution in [0, 0.1) is 0 Å². The Labute approximate surface area is 140 Å². The molecule has 0 aromatic carbocycles. The number of nitrogens with one attached hydrogen (secondary N) is 2. The standard InChI is InChI=1S/C16H41N5P/c1-8-17-22(20(11-4)12-5,21(13-6)14-7)18-15-16-19(9-2)10-3/h17-18H,8-16H2,1-7H3/q+1. The summed E-state index contributed by atoms with van der Waals surface area (Å²) in [5.41, 5.74) is 0. The fourth-order valence-electron chi connectivity index (χ4n) is 3.02. The van der Waals surface area contributed by atoms with Gasteiger partial charge in [-0.3, -0.25) is 0 Å². The second kappa shape index (κ2) is 12.6. The molecule has 0 rings (SSSR count). The Kier molecular flexibility index (Phi) is 12.8. The van der Waals surface area contributed by atoms with Crippen molar-refractivity contribution in [3.63, 3.8) is 0 Å². The van der Waals surface area contributed by atoms with Crippen LogP contribution in [0.1, 0.15) is 48.5 Å². The van der Waals surface area contributed by atoms with Crippen LogP contribution in [0.2, 0.25) is 0 Å². The molecule has 5 nitrogen and oxygen atoms in total. The van der Waals surface area contributed by atoms with Crippen LogP contribution in [0.4, 0.5) is 0 Å². The van der Waals surface area contributed by atoms with Crippen molar-refractivity contribution in [2.45, 2.75) is 48.5 Å². The molecule has 0 unspecified atom stereocenters. The molecular weight excluding hydrogens is 293 g/mol. The first-order chi connectivity index (χ1) is 10.6. The Hall–Kier alpha value is 0.230. The second-order valence-electron chi connectivity index (χ2n) is 5.33. The maximum atomic E-state index is 3.95. The van der Waals surface area contributed by atoms with Crippen LogP contribution in [-0.2, 0) is 0 Å². The second-order valence-corrected chi connectivity index (χ2v) is 8.29. The van der Waals surface area contributed by atoms with Gasteiger partial charge in [-0.05, 0) is 47.7 Å². The van der Waals surface area contributed by atoms with Crippen molar-refractivity contribution in [3.8, 4) is 0 Å². The summed E-state index contributed by atoms with van der Waals surface area (Å²) in [5.74, 6) is 0. The van der Waals surface area contributed by atoms with E-state index in [9.17, 15) is 0 Å². The molecule has 0 heterocycles. The van der Waals surface area contributed by atoms with Gasteiger partial charge in [0, 0.05) is 45.8 Å². The topological polar surface area (TPSA) is 33.8 Å². The number of hydrogen-bond donors (Lipinski definition) is 2. The van der Waals surface area contributed by atoms with Crippen molar-refractivity contribution in [1.82, 2.24) is 24.4 Å². The van der Waals surface area contributed by atoms with Crippen molar-refractivity contribution < 1.29 is 0 Å². The fourth-order valence-corrected chi connectivity index (χ4v) is 6.78. The Morgan fingerprint density at radius 1 is 0.636 bits per heavy atom. The van der Waals surface area contributed by atoms with Crippen LogP contribution in [0.15, 0.2) is 0 Å². The molecule has 6 heteroatoms. The predicted octanol–water partition coefficient (Wildman–Crippen LogP) is 2.89. The summed E-state index contributed by atoms with van der Waals surface area (Å²) >= 11 is 0. The van der Waals surface area contributed by atoms with Crippen molar-refractivity contribution >= 4 is 7.87 Å². The average Bonchev–Trinajstić information content (AvgIpc) is 2.54. The molecule has 0 saturated carbocycles. The normalized spacial score (nSPS) is 12.8. The summed E-state index contributed by atoms with van der Waals surface area (Å²) in [6.07, 6.45) is 0. The molecule has 0 aliphatic heterocycles. The first-order valence-corrected chi connectivity index (χ1v) is 10.9. The van der Waals surface area contributed by atoms with E-state index in [1.165, 1.54) is 0 Å². The van der Waals surface area contributed by atoms with Gasteiger partial charge in [0.1, 0.15) is 0 Å². The van der Waals surface area contributed by atoms with E-state index in [-0.39, 0.29) is 0 Å². The van der Waals surface area contributed by atoms with Crippen LogP contribution >= 0.6 is 7.87 Å². The molecule has 0 saturated heterocycles. The van der Waals surface area contributed by atoms with Gasteiger partial charge in [0.05, 0.1) is 0 Å². The van der Waals surface area contributed by atoms with Gasteiger partial charge < -0.3 is 4.90 Å². The quantitative estimate of drug-likeness (QED) is 0.478. The van der Waals surface area contributed by atoms with Gasteiger partial charge in [0.25, 0.3) is 0 Å². The highest BCUT2D eigenvalue weighted by atomic mass is 31.2. The fraction of sp³-hybridized carbons (Fsp3) is 1.00. The molecule has 0 atom stereocenters. The average molecular weight is 335 g/mol. The largest absolute Gasteiger partial charge is 0.303 e. The van der Waals surface area contributed by atoms with E-state index >= 15 is 0 Å². The lowest BCUT2D eigenvalue weighted by molar-refractivity contribution is 0.304. The molecule has 0 spiro atoms. The lowest BCUT2D eigenvalue weighted by Gasteiger charge is -2.41. The van der Waals surface area contributed by atoms with E-state index in [2.05, 4.69) is 72.9 Å². The summed E-state index contributed by atoms with van der Waals surface area (Å²) < 4.78 is 5.21. The van der Waals surface area contributed by atoms with Crippen LogP contribution in [0.3, 0.4) is 0 Å². The maximum absolute atomic E-state index is 3.95. The molecule has 22 heavy (non-hydrogen) atoms. The first-order valence-electron chi connectivity index (χ1n) is 9.22. The monoisotopic (exact) mass is 334 g/mol. The van der Waals surface area contributed by atoms with Crippen molar-refractivity contribution in [3.05, 3.63) is 0 Å². The molecule has 0 aromatic rings. The Morgan fingerprint density at radius 3 is 1.41 bits per heavy atom. The van der Waals surface area contributed by atoms with E-state index in [1.54, 1.807) is 0 Å². The van der Waals surface area contributed by atoms with Crippen LogP contribution < -0.4 is 10.2 Å². The molecule has 0 radical (unpaired) electrons. The summed E-state index contributed by atoms with van der Waals surface area (Å²) in [4.78, 5) is 2.48. The van der Waals surface area contributed by atoms with Gasteiger partial charge in [-0.1, -0.05) is 13.8 Å². The van der Waals surface area contributed by atoms with Gasteiger partial charge in [0.15, 0.2) is 0 Å². The Bertz CT molecular complexity index is 241. The van der Waals surface area contributed by atoms with Crippen LogP contribution in [0.5, 0.6) is 0 Å². The Morgan fingerprint density at radius 2 is 1.09 bits per heavy atom. The molecule has 0 bridgehead atoms. The zero-order valence-electron chi connectivity index (χ0n) is 16.2. The SMILES string of the molecule is CCN[P+](NCCN(CC)CC)(N(CC)CC)N(CC)CC. The highest BCUT2D eigenvalue weighted by molar-refractivity contribution is 7.67. The van der Waals surface area contributed by atoms with Gasteiger partial charge in [0.2, 0.25) is 0 Å². The zero-order valence-corrected chi connectivity index (χ0v) is 17.0. The van der Waals surface area contributed by atoms with Gasteiger partial charge in [-0.25, -0.2) is 0 Å². The van der Waals surface area contributed by atoms with E-state index in [1.807, 2.05) is 0 Å². The third-order valence-corrected chi connectivity index (χ3v) is 8.50. The number of nitrogens with zero attached hydrogens (tertiary/aromatic N) is 3.